The minimum absolute atomic E-state index is 0.0173. The van der Waals surface area contributed by atoms with Crippen molar-refractivity contribution in [2.45, 2.75) is 13.0 Å². The summed E-state index contributed by atoms with van der Waals surface area (Å²) in [4.78, 5) is 11.5. The lowest BCUT2D eigenvalue weighted by Crippen LogP contribution is -2.38. The van der Waals surface area contributed by atoms with Gasteiger partial charge in [0.25, 0.3) is 0 Å². The average molecular weight is 261 g/mol. The minimum Gasteiger partial charge on any atom is -0.383 e. The van der Waals surface area contributed by atoms with E-state index in [4.69, 9.17) is 16.3 Å². The first-order valence-corrected chi connectivity index (χ1v) is 5.42. The van der Waals surface area contributed by atoms with Crippen molar-refractivity contribution in [1.29, 1.82) is 0 Å². The molecule has 0 unspecified atom stereocenters. The zero-order valence-corrected chi connectivity index (χ0v) is 10.3. The second-order valence-corrected chi connectivity index (χ2v) is 3.99. The number of nitrogens with one attached hydrogen (secondary N) is 2. The monoisotopic (exact) mass is 260 g/mol. The number of methoxy groups -OCH3 is 1. The molecule has 0 aliphatic carbocycles. The van der Waals surface area contributed by atoms with Crippen molar-refractivity contribution in [1.82, 2.24) is 5.32 Å². The molecule has 17 heavy (non-hydrogen) atoms. The SMILES string of the molecule is COC[C@@H](C)NC(=O)Nc1ccc(Cl)c(F)c1. The molecule has 4 nitrogen and oxygen atoms in total. The van der Waals surface area contributed by atoms with Crippen LogP contribution in [0.25, 0.3) is 0 Å². The lowest BCUT2D eigenvalue weighted by Gasteiger charge is -2.13. The van der Waals surface area contributed by atoms with Crippen LogP contribution in [0.3, 0.4) is 0 Å². The van der Waals surface area contributed by atoms with Crippen LogP contribution < -0.4 is 10.6 Å². The van der Waals surface area contributed by atoms with Crippen molar-refractivity contribution in [2.75, 3.05) is 19.0 Å². The number of carbonyl (C=O) groups is 1. The predicted octanol–water partition coefficient (Wildman–Crippen LogP) is 2.64. The maximum absolute atomic E-state index is 13.1. The maximum Gasteiger partial charge on any atom is 0.319 e. The molecule has 0 aliphatic rings. The molecule has 0 spiro atoms. The van der Waals surface area contributed by atoms with Crippen molar-refractivity contribution < 1.29 is 13.9 Å². The van der Waals surface area contributed by atoms with Gasteiger partial charge in [0.2, 0.25) is 0 Å². The van der Waals surface area contributed by atoms with Crippen LogP contribution in [0.1, 0.15) is 6.92 Å². The van der Waals surface area contributed by atoms with E-state index in [1.807, 2.05) is 0 Å². The largest absolute Gasteiger partial charge is 0.383 e. The van der Waals surface area contributed by atoms with Crippen LogP contribution in [-0.4, -0.2) is 25.8 Å². The third kappa shape index (κ3) is 4.58. The van der Waals surface area contributed by atoms with Gasteiger partial charge in [-0.1, -0.05) is 11.6 Å². The molecule has 1 atom stereocenters. The third-order valence-corrected chi connectivity index (χ3v) is 2.28. The number of amides is 2. The Bertz CT molecular complexity index is 401. The molecule has 0 radical (unpaired) electrons. The van der Waals surface area contributed by atoms with Gasteiger partial charge in [-0.2, -0.15) is 0 Å². The van der Waals surface area contributed by atoms with Gasteiger partial charge in [0.05, 0.1) is 17.7 Å². The molecule has 1 aromatic carbocycles. The van der Waals surface area contributed by atoms with Gasteiger partial charge in [0, 0.05) is 12.8 Å². The van der Waals surface area contributed by atoms with Gasteiger partial charge in [-0.3, -0.25) is 0 Å². The Morgan fingerprint density at radius 3 is 2.88 bits per heavy atom. The molecule has 6 heteroatoms. The highest BCUT2D eigenvalue weighted by molar-refractivity contribution is 6.30. The first-order valence-electron chi connectivity index (χ1n) is 5.04. The topological polar surface area (TPSA) is 50.4 Å². The number of benzene rings is 1. The first kappa shape index (κ1) is 13.7. The van der Waals surface area contributed by atoms with Gasteiger partial charge in [-0.15, -0.1) is 0 Å². The highest BCUT2D eigenvalue weighted by atomic mass is 35.5. The van der Waals surface area contributed by atoms with Gasteiger partial charge >= 0.3 is 6.03 Å². The van der Waals surface area contributed by atoms with E-state index in [2.05, 4.69) is 10.6 Å². The molecular formula is C11H14ClFN2O2. The van der Waals surface area contributed by atoms with Crippen LogP contribution in [0, 0.1) is 5.82 Å². The summed E-state index contributed by atoms with van der Waals surface area (Å²) in [6.45, 7) is 2.20. The molecule has 2 amide bonds. The van der Waals surface area contributed by atoms with E-state index < -0.39 is 11.8 Å². The summed E-state index contributed by atoms with van der Waals surface area (Å²) >= 11 is 5.52. The quantitative estimate of drug-likeness (QED) is 0.874. The Kier molecular flexibility index (Phi) is 5.18. The molecule has 0 bridgehead atoms. The fourth-order valence-corrected chi connectivity index (χ4v) is 1.37. The van der Waals surface area contributed by atoms with Gasteiger partial charge in [-0.05, 0) is 25.1 Å². The summed E-state index contributed by atoms with van der Waals surface area (Å²) in [6.07, 6.45) is 0. The molecule has 0 aliphatic heterocycles. The Morgan fingerprint density at radius 2 is 2.29 bits per heavy atom. The molecule has 0 saturated carbocycles. The van der Waals surface area contributed by atoms with Gasteiger partial charge in [-0.25, -0.2) is 9.18 Å². The third-order valence-electron chi connectivity index (χ3n) is 1.97. The van der Waals surface area contributed by atoms with E-state index in [1.165, 1.54) is 12.1 Å². The van der Waals surface area contributed by atoms with Gasteiger partial charge in [0.1, 0.15) is 5.82 Å². The Balaban J connectivity index is 2.53. The normalized spacial score (nSPS) is 12.0. The standard InChI is InChI=1S/C11H14ClFN2O2/c1-7(6-17-2)14-11(16)15-8-3-4-9(12)10(13)5-8/h3-5,7H,6H2,1-2H3,(H2,14,15,16)/t7-/m1/s1. The molecule has 2 N–H and O–H groups in total. The number of carbonyl (C=O) groups excluding carboxylic acids is 1. The van der Waals surface area contributed by atoms with Gasteiger partial charge in [0.15, 0.2) is 0 Å². The number of urea groups is 1. The Morgan fingerprint density at radius 1 is 1.59 bits per heavy atom. The average Bonchev–Trinajstić information content (AvgIpc) is 2.23. The summed E-state index contributed by atoms with van der Waals surface area (Å²) in [5, 5.41) is 5.15. The van der Waals surface area contributed by atoms with E-state index in [9.17, 15) is 9.18 Å². The second-order valence-electron chi connectivity index (χ2n) is 3.58. The smallest absolute Gasteiger partial charge is 0.319 e. The van der Waals surface area contributed by atoms with Crippen LogP contribution >= 0.6 is 11.6 Å². The van der Waals surface area contributed by atoms with Crippen LogP contribution in [0.15, 0.2) is 18.2 Å². The highest BCUT2D eigenvalue weighted by Crippen LogP contribution is 2.18. The van der Waals surface area contributed by atoms with Gasteiger partial charge < -0.3 is 15.4 Å². The van der Waals surface area contributed by atoms with Crippen LogP contribution in [-0.2, 0) is 4.74 Å². The molecule has 1 aromatic rings. The molecule has 0 heterocycles. The summed E-state index contributed by atoms with van der Waals surface area (Å²) in [7, 11) is 1.55. The lowest BCUT2D eigenvalue weighted by atomic mass is 10.3. The molecule has 0 fully saturated rings. The van der Waals surface area contributed by atoms with Crippen molar-refractivity contribution in [3.05, 3.63) is 29.0 Å². The van der Waals surface area contributed by atoms with Crippen LogP contribution in [0.5, 0.6) is 0 Å². The van der Waals surface area contributed by atoms with E-state index in [0.717, 1.165) is 6.07 Å². The first-order chi connectivity index (χ1) is 8.02. The predicted molar refractivity (Wildman–Crippen MR) is 64.9 cm³/mol. The summed E-state index contributed by atoms with van der Waals surface area (Å²) in [6, 6.07) is 3.51. The number of hydrogen-bond donors (Lipinski definition) is 2. The second kappa shape index (κ2) is 6.42. The number of halogens is 2. The van der Waals surface area contributed by atoms with Crippen LogP contribution in [0.4, 0.5) is 14.9 Å². The Labute approximate surface area is 104 Å². The Hall–Kier alpha value is -1.33. The summed E-state index contributed by atoms with van der Waals surface area (Å²) in [5.74, 6) is -0.575. The summed E-state index contributed by atoms with van der Waals surface area (Å²) in [5.41, 5.74) is 0.342. The molecule has 0 saturated heterocycles. The maximum atomic E-state index is 13.1. The zero-order chi connectivity index (χ0) is 12.8. The van der Waals surface area contributed by atoms with E-state index in [1.54, 1.807) is 14.0 Å². The van der Waals surface area contributed by atoms with Crippen molar-refractivity contribution in [3.8, 4) is 0 Å². The van der Waals surface area contributed by atoms with E-state index >= 15 is 0 Å². The fourth-order valence-electron chi connectivity index (χ4n) is 1.26. The summed E-state index contributed by atoms with van der Waals surface area (Å²) < 4.78 is 18.0. The van der Waals surface area contributed by atoms with Crippen molar-refractivity contribution in [2.24, 2.45) is 0 Å². The van der Waals surface area contributed by atoms with Crippen molar-refractivity contribution in [3.63, 3.8) is 0 Å². The van der Waals surface area contributed by atoms with E-state index in [-0.39, 0.29) is 11.1 Å². The molecular weight excluding hydrogens is 247 g/mol. The minimum atomic E-state index is -0.575. The lowest BCUT2D eigenvalue weighted by molar-refractivity contribution is 0.173. The van der Waals surface area contributed by atoms with Crippen molar-refractivity contribution >= 4 is 23.3 Å². The fraction of sp³-hybridized carbons (Fsp3) is 0.364. The number of rotatable bonds is 4. The molecule has 1 rings (SSSR count). The number of anilines is 1. The van der Waals surface area contributed by atoms with E-state index in [0.29, 0.717) is 12.3 Å². The highest BCUT2D eigenvalue weighted by Gasteiger charge is 2.08. The number of ether oxygens (including phenoxy) is 1. The number of hydrogen-bond acceptors (Lipinski definition) is 2. The van der Waals surface area contributed by atoms with Crippen LogP contribution in [0.2, 0.25) is 5.02 Å². The molecule has 0 aromatic heterocycles. The zero-order valence-electron chi connectivity index (χ0n) is 9.59. The molecule has 94 valence electrons.